The van der Waals surface area contributed by atoms with Crippen molar-refractivity contribution in [3.63, 3.8) is 0 Å². The number of carbonyl (C=O) groups excluding carboxylic acids is 1. The Bertz CT molecular complexity index is 974. The zero-order valence-electron chi connectivity index (χ0n) is 18.5. The lowest BCUT2D eigenvalue weighted by atomic mass is 10.1. The molecule has 4 nitrogen and oxygen atoms in total. The van der Waals surface area contributed by atoms with Gasteiger partial charge >= 0.3 is 5.97 Å². The smallest absolute Gasteiger partial charge is 0.337 e. The Morgan fingerprint density at radius 2 is 1.77 bits per heavy atom. The van der Waals surface area contributed by atoms with E-state index in [9.17, 15) is 4.79 Å². The number of rotatable bonds is 9. The molecular weight excluding hydrogens is 372 g/mol. The molecule has 1 aromatic heterocycles. The molecule has 2 aromatic carbocycles. The van der Waals surface area contributed by atoms with Gasteiger partial charge in [-0.15, -0.1) is 0 Å². The number of aryl methyl sites for hydroxylation is 1. The van der Waals surface area contributed by atoms with Gasteiger partial charge in [0.05, 0.1) is 12.7 Å². The Hall–Kier alpha value is -2.85. The highest BCUT2D eigenvalue weighted by atomic mass is 16.5. The molecule has 1 heterocycles. The molecule has 3 aromatic rings. The monoisotopic (exact) mass is 404 g/mol. The molecule has 0 unspecified atom stereocenters. The fourth-order valence-corrected chi connectivity index (χ4v) is 3.86. The van der Waals surface area contributed by atoms with E-state index in [0.29, 0.717) is 11.5 Å². The van der Waals surface area contributed by atoms with Crippen molar-refractivity contribution in [1.82, 2.24) is 9.47 Å². The van der Waals surface area contributed by atoms with Crippen molar-refractivity contribution in [3.05, 3.63) is 94.8 Å². The van der Waals surface area contributed by atoms with Gasteiger partial charge in [0, 0.05) is 38.1 Å². The molecule has 0 aliphatic heterocycles. The van der Waals surface area contributed by atoms with Crippen LogP contribution in [-0.4, -0.2) is 29.1 Å². The molecule has 0 saturated carbocycles. The zero-order chi connectivity index (χ0) is 21.5. The second-order valence-corrected chi connectivity index (χ2v) is 8.37. The number of esters is 1. The van der Waals surface area contributed by atoms with Crippen LogP contribution >= 0.6 is 0 Å². The number of ether oxygens (including phenoxy) is 1. The molecular formula is C26H32N2O2. The number of nitrogens with zero attached hydrogens (tertiary/aromatic N) is 2. The van der Waals surface area contributed by atoms with Crippen molar-refractivity contribution < 1.29 is 9.53 Å². The van der Waals surface area contributed by atoms with Crippen LogP contribution in [0, 0.1) is 12.8 Å². The molecule has 0 bridgehead atoms. The topological polar surface area (TPSA) is 34.5 Å². The normalized spacial score (nSPS) is 11.3. The number of benzene rings is 2. The number of methoxy groups -OCH3 is 1. The maximum atomic E-state index is 11.9. The van der Waals surface area contributed by atoms with Gasteiger partial charge in [0.2, 0.25) is 0 Å². The fourth-order valence-electron chi connectivity index (χ4n) is 3.86. The second-order valence-electron chi connectivity index (χ2n) is 8.37. The average molecular weight is 405 g/mol. The summed E-state index contributed by atoms with van der Waals surface area (Å²) in [7, 11) is 1.42. The van der Waals surface area contributed by atoms with E-state index in [1.165, 1.54) is 23.9 Å². The van der Waals surface area contributed by atoms with Crippen LogP contribution in [0.15, 0.2) is 66.9 Å². The molecule has 0 amide bonds. The molecule has 0 spiro atoms. The summed E-state index contributed by atoms with van der Waals surface area (Å²) in [5, 5.41) is 0. The van der Waals surface area contributed by atoms with E-state index in [1.807, 2.05) is 12.1 Å². The third kappa shape index (κ3) is 6.07. The summed E-state index contributed by atoms with van der Waals surface area (Å²) in [4.78, 5) is 14.3. The first-order valence-electron chi connectivity index (χ1n) is 10.5. The van der Waals surface area contributed by atoms with Crippen LogP contribution < -0.4 is 0 Å². The molecule has 0 N–H and O–H groups in total. The lowest BCUT2D eigenvalue weighted by molar-refractivity contribution is 0.0600. The number of hydrogen-bond acceptors (Lipinski definition) is 3. The minimum absolute atomic E-state index is 0.292. The third-order valence-corrected chi connectivity index (χ3v) is 5.12. The highest BCUT2D eigenvalue weighted by Crippen LogP contribution is 2.16. The summed E-state index contributed by atoms with van der Waals surface area (Å²) in [5.74, 6) is 0.258. The van der Waals surface area contributed by atoms with E-state index in [-0.39, 0.29) is 5.97 Å². The van der Waals surface area contributed by atoms with Crippen LogP contribution in [0.1, 0.15) is 46.6 Å². The molecule has 4 heteroatoms. The number of carbonyl (C=O) groups is 1. The van der Waals surface area contributed by atoms with Crippen LogP contribution in [0.3, 0.4) is 0 Å². The van der Waals surface area contributed by atoms with Crippen LogP contribution in [-0.2, 0) is 24.4 Å². The van der Waals surface area contributed by atoms with Crippen molar-refractivity contribution in [2.45, 2.75) is 40.4 Å². The van der Waals surface area contributed by atoms with Crippen LogP contribution in [0.25, 0.3) is 0 Å². The van der Waals surface area contributed by atoms with Gasteiger partial charge in [-0.05, 0) is 48.2 Å². The average Bonchev–Trinajstić information content (AvgIpc) is 3.13. The highest BCUT2D eigenvalue weighted by Gasteiger charge is 2.13. The largest absolute Gasteiger partial charge is 0.465 e. The Morgan fingerprint density at radius 1 is 1.00 bits per heavy atom. The van der Waals surface area contributed by atoms with E-state index >= 15 is 0 Å². The maximum Gasteiger partial charge on any atom is 0.337 e. The van der Waals surface area contributed by atoms with Gasteiger partial charge in [-0.3, -0.25) is 4.90 Å². The first kappa shape index (κ1) is 21.8. The number of aromatic nitrogens is 1. The van der Waals surface area contributed by atoms with E-state index in [2.05, 4.69) is 78.9 Å². The van der Waals surface area contributed by atoms with E-state index in [1.54, 1.807) is 6.07 Å². The minimum Gasteiger partial charge on any atom is -0.465 e. The summed E-state index contributed by atoms with van der Waals surface area (Å²) in [6, 6.07) is 20.7. The first-order chi connectivity index (χ1) is 14.4. The van der Waals surface area contributed by atoms with Crippen molar-refractivity contribution in [2.24, 2.45) is 5.92 Å². The van der Waals surface area contributed by atoms with Crippen LogP contribution in [0.4, 0.5) is 0 Å². The molecule has 0 aliphatic carbocycles. The van der Waals surface area contributed by atoms with E-state index < -0.39 is 0 Å². The molecule has 0 aliphatic rings. The van der Waals surface area contributed by atoms with Gasteiger partial charge in [-0.1, -0.05) is 55.8 Å². The SMILES string of the molecule is COC(=O)c1cccc(CN(Cc2cccn2Cc2cccc(C)c2)CC(C)C)c1. The summed E-state index contributed by atoms with van der Waals surface area (Å²) >= 11 is 0. The molecule has 158 valence electrons. The first-order valence-corrected chi connectivity index (χ1v) is 10.5. The van der Waals surface area contributed by atoms with Crippen LogP contribution in [0.5, 0.6) is 0 Å². The van der Waals surface area contributed by atoms with E-state index in [0.717, 1.165) is 31.7 Å². The standard InChI is InChI=1S/C26H32N2O2/c1-20(2)16-27(17-23-10-6-11-24(15-23)26(29)30-4)19-25-12-7-13-28(25)18-22-9-5-8-21(3)14-22/h5-15,20H,16-19H2,1-4H3. The molecule has 3 rings (SSSR count). The lowest BCUT2D eigenvalue weighted by Crippen LogP contribution is -2.28. The molecule has 0 atom stereocenters. The fraction of sp³-hybridized carbons (Fsp3) is 0.346. The highest BCUT2D eigenvalue weighted by molar-refractivity contribution is 5.89. The van der Waals surface area contributed by atoms with Crippen molar-refractivity contribution in [2.75, 3.05) is 13.7 Å². The van der Waals surface area contributed by atoms with Gasteiger partial charge in [0.15, 0.2) is 0 Å². The van der Waals surface area contributed by atoms with Crippen LogP contribution in [0.2, 0.25) is 0 Å². The van der Waals surface area contributed by atoms with Gasteiger partial charge in [-0.2, -0.15) is 0 Å². The summed E-state index contributed by atoms with van der Waals surface area (Å²) in [6.45, 7) is 10.1. The van der Waals surface area contributed by atoms with Gasteiger partial charge in [0.25, 0.3) is 0 Å². The van der Waals surface area contributed by atoms with Gasteiger partial charge < -0.3 is 9.30 Å². The molecule has 30 heavy (non-hydrogen) atoms. The Morgan fingerprint density at radius 3 is 2.50 bits per heavy atom. The maximum absolute atomic E-state index is 11.9. The van der Waals surface area contributed by atoms with Crippen molar-refractivity contribution >= 4 is 5.97 Å². The lowest BCUT2D eigenvalue weighted by Gasteiger charge is -2.25. The predicted molar refractivity (Wildman–Crippen MR) is 121 cm³/mol. The Kier molecular flexibility index (Phi) is 7.47. The second kappa shape index (κ2) is 10.3. The minimum atomic E-state index is -0.292. The predicted octanol–water partition coefficient (Wildman–Crippen LogP) is 5.29. The van der Waals surface area contributed by atoms with E-state index in [4.69, 9.17) is 4.74 Å². The summed E-state index contributed by atoms with van der Waals surface area (Å²) in [6.07, 6.45) is 2.16. The van der Waals surface area contributed by atoms with Gasteiger partial charge in [-0.25, -0.2) is 4.79 Å². The summed E-state index contributed by atoms with van der Waals surface area (Å²) in [5.41, 5.74) is 5.61. The zero-order valence-corrected chi connectivity index (χ0v) is 18.5. The quantitative estimate of drug-likeness (QED) is 0.455. The molecule has 0 radical (unpaired) electrons. The number of hydrogen-bond donors (Lipinski definition) is 0. The molecule has 0 saturated heterocycles. The van der Waals surface area contributed by atoms with Crippen molar-refractivity contribution in [1.29, 1.82) is 0 Å². The Balaban J connectivity index is 1.76. The summed E-state index contributed by atoms with van der Waals surface area (Å²) < 4.78 is 7.20. The van der Waals surface area contributed by atoms with Gasteiger partial charge in [0.1, 0.15) is 0 Å². The Labute approximate surface area is 180 Å². The third-order valence-electron chi connectivity index (χ3n) is 5.12. The molecule has 0 fully saturated rings. The van der Waals surface area contributed by atoms with Crippen molar-refractivity contribution in [3.8, 4) is 0 Å².